The van der Waals surface area contributed by atoms with Gasteiger partial charge in [-0.05, 0) is 42.0 Å². The van der Waals surface area contributed by atoms with Gasteiger partial charge in [-0.2, -0.15) is 13.2 Å². The van der Waals surface area contributed by atoms with Crippen LogP contribution < -0.4 is 10.8 Å². The van der Waals surface area contributed by atoms with Crippen molar-refractivity contribution >= 4 is 24.2 Å². The molecule has 4 rings (SSSR count). The van der Waals surface area contributed by atoms with Crippen molar-refractivity contribution in [1.29, 1.82) is 0 Å². The highest BCUT2D eigenvalue weighted by molar-refractivity contribution is 6.58. The Morgan fingerprint density at radius 2 is 1.72 bits per heavy atom. The summed E-state index contributed by atoms with van der Waals surface area (Å²) in [6.45, 7) is 0. The summed E-state index contributed by atoms with van der Waals surface area (Å²) in [5, 5.41) is 20.9. The number of amides is 1. The van der Waals surface area contributed by atoms with Gasteiger partial charge >= 0.3 is 13.3 Å². The van der Waals surface area contributed by atoms with Gasteiger partial charge in [0.05, 0.1) is 11.3 Å². The van der Waals surface area contributed by atoms with E-state index in [2.05, 4.69) is 5.32 Å². The Hall–Kier alpha value is -2.53. The van der Waals surface area contributed by atoms with Crippen LogP contribution >= 0.6 is 0 Å². The molecule has 4 nitrogen and oxygen atoms in total. The average molecular weight is 457 g/mol. The number of para-hydroxylation sites is 1. The van der Waals surface area contributed by atoms with Crippen LogP contribution in [0.25, 0.3) is 0 Å². The smallest absolute Gasteiger partial charge is 0.423 e. The zero-order valence-corrected chi connectivity index (χ0v) is 16.5. The minimum Gasteiger partial charge on any atom is -0.423 e. The van der Waals surface area contributed by atoms with Crippen LogP contribution in [0, 0.1) is 11.7 Å². The zero-order chi connectivity index (χ0) is 23.5. The van der Waals surface area contributed by atoms with E-state index in [0.29, 0.717) is 0 Å². The summed E-state index contributed by atoms with van der Waals surface area (Å²) < 4.78 is 83.2. The number of benzene rings is 2. The van der Waals surface area contributed by atoms with Gasteiger partial charge < -0.3 is 15.4 Å². The van der Waals surface area contributed by atoms with E-state index < -0.39 is 71.8 Å². The van der Waals surface area contributed by atoms with Crippen molar-refractivity contribution in [3.8, 4) is 0 Å². The Kier molecular flexibility index (Phi) is 5.32. The van der Waals surface area contributed by atoms with E-state index in [4.69, 9.17) is 0 Å². The number of fused-ring (bicyclic) bond motifs is 1. The maximum Gasteiger partial charge on any atom is 0.491 e. The van der Waals surface area contributed by atoms with Crippen molar-refractivity contribution in [3.05, 3.63) is 58.9 Å². The van der Waals surface area contributed by atoms with Crippen molar-refractivity contribution in [2.24, 2.45) is 5.92 Å². The van der Waals surface area contributed by atoms with Gasteiger partial charge in [0.15, 0.2) is 0 Å². The van der Waals surface area contributed by atoms with Crippen molar-refractivity contribution < 1.29 is 41.2 Å². The normalized spacial score (nSPS) is 23.1. The summed E-state index contributed by atoms with van der Waals surface area (Å²) in [6.07, 6.45) is -6.23. The van der Waals surface area contributed by atoms with E-state index in [1.54, 1.807) is 0 Å². The molecule has 11 heteroatoms. The first-order valence-corrected chi connectivity index (χ1v) is 9.94. The third-order valence-electron chi connectivity index (χ3n) is 6.45. The highest BCUT2D eigenvalue weighted by Crippen LogP contribution is 2.55. The molecule has 1 atom stereocenters. The maximum atomic E-state index is 14.6. The second-order valence-corrected chi connectivity index (χ2v) is 8.23. The second-order valence-electron chi connectivity index (χ2n) is 8.23. The average Bonchev–Trinajstić information content (AvgIpc) is 2.99. The second kappa shape index (κ2) is 7.52. The molecule has 1 aliphatic heterocycles. The topological polar surface area (TPSA) is 69.6 Å². The zero-order valence-electron chi connectivity index (χ0n) is 16.5. The fourth-order valence-electron chi connectivity index (χ4n) is 4.97. The molecule has 0 aromatic heterocycles. The molecule has 0 saturated heterocycles. The monoisotopic (exact) mass is 457 g/mol. The molecule has 0 bridgehead atoms. The van der Waals surface area contributed by atoms with E-state index in [1.165, 1.54) is 12.1 Å². The first kappa shape index (κ1) is 22.7. The molecule has 1 amide bonds. The Balaban J connectivity index is 1.96. The number of carbonyl (C=O) groups excluding carboxylic acids is 1. The molecule has 2 aromatic rings. The summed E-state index contributed by atoms with van der Waals surface area (Å²) in [5.41, 5.74) is -3.99. The third kappa shape index (κ3) is 3.47. The standard InChI is InChI=1S/C21H18BF6NO3/c23-16-10-12(4-5-15(16)22(31)32)20(11-6-8-19(24,25)9-7-11)13-2-1-3-14(21(26,27)28)17(13)29-18(20)30/h1-5,10-11,31-32H,6-9H2,(H,29,30)/t20-/m1/s1. The fourth-order valence-corrected chi connectivity index (χ4v) is 4.97. The van der Waals surface area contributed by atoms with Crippen LogP contribution in [0.1, 0.15) is 42.4 Å². The lowest BCUT2D eigenvalue weighted by Gasteiger charge is -2.40. The summed E-state index contributed by atoms with van der Waals surface area (Å²) >= 11 is 0. The number of hydrogen-bond donors (Lipinski definition) is 3. The van der Waals surface area contributed by atoms with Crippen LogP contribution in [-0.2, 0) is 16.4 Å². The van der Waals surface area contributed by atoms with E-state index in [1.807, 2.05) is 0 Å². The van der Waals surface area contributed by atoms with E-state index in [9.17, 15) is 41.2 Å². The number of rotatable bonds is 3. The van der Waals surface area contributed by atoms with Gasteiger partial charge in [0, 0.05) is 18.3 Å². The summed E-state index contributed by atoms with van der Waals surface area (Å²) in [4.78, 5) is 13.3. The van der Waals surface area contributed by atoms with Gasteiger partial charge in [0.2, 0.25) is 11.8 Å². The van der Waals surface area contributed by atoms with Crippen molar-refractivity contribution in [2.75, 3.05) is 5.32 Å². The SMILES string of the molecule is O=C1Nc2c(C(F)(F)F)cccc2[C@]1(c1ccc(B(O)O)c(F)c1)C1CCC(F)(F)CC1. The highest BCUT2D eigenvalue weighted by atomic mass is 19.4. The lowest BCUT2D eigenvalue weighted by molar-refractivity contribution is -0.136. The fraction of sp³-hybridized carbons (Fsp3) is 0.381. The molecular formula is C21H18BF6NO3. The number of carbonyl (C=O) groups is 1. The van der Waals surface area contributed by atoms with Crippen molar-refractivity contribution in [2.45, 2.75) is 43.2 Å². The van der Waals surface area contributed by atoms with Crippen LogP contribution in [0.4, 0.5) is 32.0 Å². The van der Waals surface area contributed by atoms with E-state index in [-0.39, 0.29) is 24.0 Å². The Morgan fingerprint density at radius 3 is 2.28 bits per heavy atom. The van der Waals surface area contributed by atoms with E-state index in [0.717, 1.165) is 24.3 Å². The molecule has 3 N–H and O–H groups in total. The quantitative estimate of drug-likeness (QED) is 0.488. The highest BCUT2D eigenvalue weighted by Gasteiger charge is 2.57. The van der Waals surface area contributed by atoms with Gasteiger partial charge in [-0.1, -0.05) is 24.3 Å². The Bertz CT molecular complexity index is 1060. The number of nitrogens with one attached hydrogen (secondary N) is 1. The molecule has 1 aliphatic carbocycles. The van der Waals surface area contributed by atoms with Gasteiger partial charge in [-0.15, -0.1) is 0 Å². The minimum absolute atomic E-state index is 0.0369. The van der Waals surface area contributed by atoms with Gasteiger partial charge in [0.1, 0.15) is 11.2 Å². The number of alkyl halides is 5. The van der Waals surface area contributed by atoms with Crippen LogP contribution in [0.15, 0.2) is 36.4 Å². The minimum atomic E-state index is -4.79. The maximum absolute atomic E-state index is 14.6. The Labute approximate surface area is 179 Å². The largest absolute Gasteiger partial charge is 0.491 e. The van der Waals surface area contributed by atoms with Gasteiger partial charge in [0.25, 0.3) is 0 Å². The summed E-state index contributed by atoms with van der Waals surface area (Å²) in [5.74, 6) is -5.72. The van der Waals surface area contributed by atoms with Crippen LogP contribution in [0.3, 0.4) is 0 Å². The molecule has 0 unspecified atom stereocenters. The Morgan fingerprint density at radius 1 is 1.06 bits per heavy atom. The van der Waals surface area contributed by atoms with Gasteiger partial charge in [-0.3, -0.25) is 4.79 Å². The number of hydrogen-bond acceptors (Lipinski definition) is 3. The summed E-state index contributed by atoms with van der Waals surface area (Å²) in [7, 11) is -2.14. The van der Waals surface area contributed by atoms with Crippen molar-refractivity contribution in [1.82, 2.24) is 0 Å². The number of anilines is 1. The molecule has 1 fully saturated rings. The van der Waals surface area contributed by atoms with Crippen LogP contribution in [0.2, 0.25) is 0 Å². The van der Waals surface area contributed by atoms with Crippen molar-refractivity contribution in [3.63, 3.8) is 0 Å². The van der Waals surface area contributed by atoms with E-state index >= 15 is 0 Å². The van der Waals surface area contributed by atoms with Gasteiger partial charge in [-0.25, -0.2) is 13.2 Å². The first-order chi connectivity index (χ1) is 14.9. The molecule has 1 saturated carbocycles. The molecule has 2 aromatic carbocycles. The molecule has 2 aliphatic rings. The van der Waals surface area contributed by atoms with Crippen LogP contribution in [-0.4, -0.2) is 29.0 Å². The predicted molar refractivity (Wildman–Crippen MR) is 104 cm³/mol. The molecule has 1 heterocycles. The number of halogens is 6. The molecule has 32 heavy (non-hydrogen) atoms. The first-order valence-electron chi connectivity index (χ1n) is 9.94. The lowest BCUT2D eigenvalue weighted by atomic mass is 9.61. The molecule has 0 spiro atoms. The molecule has 0 radical (unpaired) electrons. The molecule has 170 valence electrons. The predicted octanol–water partition coefficient (Wildman–Crippen LogP) is 3.59. The third-order valence-corrected chi connectivity index (χ3v) is 6.45. The summed E-state index contributed by atoms with van der Waals surface area (Å²) in [6, 6.07) is 6.33. The molecular weight excluding hydrogens is 439 g/mol. The van der Waals surface area contributed by atoms with Crippen LogP contribution in [0.5, 0.6) is 0 Å². The lowest BCUT2D eigenvalue weighted by Crippen LogP contribution is -2.46.